The van der Waals surface area contributed by atoms with Gasteiger partial charge in [-0.05, 0) is 37.0 Å². The van der Waals surface area contributed by atoms with Gasteiger partial charge in [0.2, 0.25) is 5.91 Å². The Hall–Kier alpha value is -0.570. The van der Waals surface area contributed by atoms with E-state index in [9.17, 15) is 4.79 Å². The second-order valence-electron chi connectivity index (χ2n) is 7.77. The summed E-state index contributed by atoms with van der Waals surface area (Å²) in [7, 11) is 2.01. The van der Waals surface area contributed by atoms with E-state index in [1.807, 2.05) is 11.9 Å². The molecule has 1 heterocycles. The average Bonchev–Trinajstić information content (AvgIpc) is 2.92. The van der Waals surface area contributed by atoms with Gasteiger partial charge in [-0.1, -0.05) is 32.6 Å². The molecule has 0 bridgehead atoms. The molecule has 2 aliphatic carbocycles. The van der Waals surface area contributed by atoms with E-state index in [1.165, 1.54) is 64.5 Å². The Kier molecular flexibility index (Phi) is 4.07. The van der Waals surface area contributed by atoms with Crippen molar-refractivity contribution in [3.05, 3.63) is 0 Å². The third-order valence-corrected chi connectivity index (χ3v) is 6.08. The van der Waals surface area contributed by atoms with Crippen LogP contribution in [0, 0.1) is 11.3 Å². The first-order valence-electron chi connectivity index (χ1n) is 8.56. The average molecular weight is 278 g/mol. The lowest BCUT2D eigenvalue weighted by atomic mass is 9.66. The summed E-state index contributed by atoms with van der Waals surface area (Å²) in [6, 6.07) is 0.522. The van der Waals surface area contributed by atoms with Crippen LogP contribution in [0.2, 0.25) is 0 Å². The number of carbonyl (C=O) groups is 1. The largest absolute Gasteiger partial charge is 0.342 e. The SMILES string of the molecule is CC1CCC2(CC1)CN(CC(=O)N(C)C1CCCC1)C2. The molecule has 0 unspecified atom stereocenters. The Morgan fingerprint density at radius 3 is 2.35 bits per heavy atom. The van der Waals surface area contributed by atoms with Crippen LogP contribution >= 0.6 is 0 Å². The highest BCUT2D eigenvalue weighted by atomic mass is 16.2. The zero-order valence-electron chi connectivity index (χ0n) is 13.2. The van der Waals surface area contributed by atoms with Crippen LogP contribution in [-0.2, 0) is 4.79 Å². The van der Waals surface area contributed by atoms with Crippen molar-refractivity contribution in [2.45, 2.75) is 64.3 Å². The summed E-state index contributed by atoms with van der Waals surface area (Å²) in [5, 5.41) is 0. The highest BCUT2D eigenvalue weighted by molar-refractivity contribution is 5.78. The van der Waals surface area contributed by atoms with E-state index >= 15 is 0 Å². The van der Waals surface area contributed by atoms with Gasteiger partial charge in [-0.15, -0.1) is 0 Å². The number of likely N-dealkylation sites (N-methyl/N-ethyl adjacent to an activating group) is 1. The molecule has 20 heavy (non-hydrogen) atoms. The van der Waals surface area contributed by atoms with E-state index in [2.05, 4.69) is 11.8 Å². The van der Waals surface area contributed by atoms with Crippen LogP contribution in [0.5, 0.6) is 0 Å². The summed E-state index contributed by atoms with van der Waals surface area (Å²) < 4.78 is 0. The molecule has 0 radical (unpaired) electrons. The number of rotatable bonds is 3. The molecule has 3 heteroatoms. The first-order chi connectivity index (χ1) is 9.58. The second-order valence-corrected chi connectivity index (χ2v) is 7.77. The van der Waals surface area contributed by atoms with Crippen LogP contribution in [0.1, 0.15) is 58.3 Å². The number of likely N-dealkylation sites (tertiary alicyclic amines) is 1. The maximum Gasteiger partial charge on any atom is 0.236 e. The number of amides is 1. The van der Waals surface area contributed by atoms with Gasteiger partial charge in [-0.3, -0.25) is 9.69 Å². The predicted molar refractivity (Wildman–Crippen MR) is 81.5 cm³/mol. The zero-order chi connectivity index (χ0) is 14.2. The first-order valence-corrected chi connectivity index (χ1v) is 8.56. The normalized spacial score (nSPS) is 27.7. The molecular formula is C17H30N2O. The summed E-state index contributed by atoms with van der Waals surface area (Å²) in [5.74, 6) is 1.26. The van der Waals surface area contributed by atoms with Crippen molar-refractivity contribution in [1.82, 2.24) is 9.80 Å². The van der Waals surface area contributed by atoms with Crippen LogP contribution in [0.4, 0.5) is 0 Å². The fraction of sp³-hybridized carbons (Fsp3) is 0.941. The molecule has 0 atom stereocenters. The summed E-state index contributed by atoms with van der Waals surface area (Å²) in [6.45, 7) is 5.38. The van der Waals surface area contributed by atoms with Gasteiger partial charge in [0.05, 0.1) is 6.54 Å². The maximum absolute atomic E-state index is 12.3. The molecule has 114 valence electrons. The topological polar surface area (TPSA) is 23.6 Å². The van der Waals surface area contributed by atoms with Crippen molar-refractivity contribution >= 4 is 5.91 Å². The molecule has 1 aliphatic heterocycles. The number of nitrogens with zero attached hydrogens (tertiary/aromatic N) is 2. The molecule has 0 aromatic heterocycles. The maximum atomic E-state index is 12.3. The minimum Gasteiger partial charge on any atom is -0.342 e. The Bertz CT molecular complexity index is 346. The molecule has 3 aliphatic rings. The van der Waals surface area contributed by atoms with Gasteiger partial charge in [0.15, 0.2) is 0 Å². The van der Waals surface area contributed by atoms with Crippen molar-refractivity contribution < 1.29 is 4.79 Å². The van der Waals surface area contributed by atoms with Gasteiger partial charge in [0.1, 0.15) is 0 Å². The molecule has 0 aromatic rings. The van der Waals surface area contributed by atoms with E-state index in [0.717, 1.165) is 5.92 Å². The van der Waals surface area contributed by atoms with Crippen molar-refractivity contribution in [1.29, 1.82) is 0 Å². The van der Waals surface area contributed by atoms with E-state index in [-0.39, 0.29) is 0 Å². The number of hydrogen-bond donors (Lipinski definition) is 0. The van der Waals surface area contributed by atoms with Crippen molar-refractivity contribution in [3.8, 4) is 0 Å². The quantitative estimate of drug-likeness (QED) is 0.792. The molecule has 2 saturated carbocycles. The van der Waals surface area contributed by atoms with Crippen LogP contribution in [0.15, 0.2) is 0 Å². The summed E-state index contributed by atoms with van der Waals surface area (Å²) in [5.41, 5.74) is 0.582. The van der Waals surface area contributed by atoms with Gasteiger partial charge >= 0.3 is 0 Å². The third-order valence-electron chi connectivity index (χ3n) is 6.08. The molecular weight excluding hydrogens is 248 g/mol. The summed E-state index contributed by atoms with van der Waals surface area (Å²) in [4.78, 5) is 16.7. The van der Waals surface area contributed by atoms with Crippen LogP contribution in [0.3, 0.4) is 0 Å². The predicted octanol–water partition coefficient (Wildman–Crippen LogP) is 2.90. The molecule has 0 aromatic carbocycles. The van der Waals surface area contributed by atoms with Crippen molar-refractivity contribution in [3.63, 3.8) is 0 Å². The van der Waals surface area contributed by atoms with Crippen molar-refractivity contribution in [2.24, 2.45) is 11.3 Å². The Morgan fingerprint density at radius 1 is 1.15 bits per heavy atom. The smallest absolute Gasteiger partial charge is 0.236 e. The van der Waals surface area contributed by atoms with Gasteiger partial charge in [0.25, 0.3) is 0 Å². The Morgan fingerprint density at radius 2 is 1.75 bits per heavy atom. The third kappa shape index (κ3) is 2.88. The van der Waals surface area contributed by atoms with Crippen molar-refractivity contribution in [2.75, 3.05) is 26.7 Å². The molecule has 3 nitrogen and oxygen atoms in total. The fourth-order valence-corrected chi connectivity index (χ4v) is 4.50. The van der Waals surface area contributed by atoms with Gasteiger partial charge in [0, 0.05) is 26.2 Å². The minimum atomic E-state index is 0.343. The second kappa shape index (κ2) is 5.67. The monoisotopic (exact) mass is 278 g/mol. The lowest BCUT2D eigenvalue weighted by Gasteiger charge is -2.53. The van der Waals surface area contributed by atoms with Gasteiger partial charge in [-0.25, -0.2) is 0 Å². The van der Waals surface area contributed by atoms with E-state index in [1.54, 1.807) is 0 Å². The number of hydrogen-bond acceptors (Lipinski definition) is 2. The number of carbonyl (C=O) groups excluding carboxylic acids is 1. The van der Waals surface area contributed by atoms with Gasteiger partial charge in [-0.2, -0.15) is 0 Å². The zero-order valence-corrected chi connectivity index (χ0v) is 13.2. The first kappa shape index (κ1) is 14.4. The highest BCUT2D eigenvalue weighted by Gasteiger charge is 2.45. The Labute approximate surface area is 123 Å². The standard InChI is InChI=1S/C17H30N2O/c1-14-7-9-17(10-8-14)12-19(13-17)11-16(20)18(2)15-5-3-4-6-15/h14-15H,3-13H2,1-2H3. The lowest BCUT2D eigenvalue weighted by molar-refractivity contribution is -0.137. The van der Waals surface area contributed by atoms with E-state index < -0.39 is 0 Å². The molecule has 1 amide bonds. The highest BCUT2D eigenvalue weighted by Crippen LogP contribution is 2.45. The van der Waals surface area contributed by atoms with Gasteiger partial charge < -0.3 is 4.90 Å². The Balaban J connectivity index is 1.43. The fourth-order valence-electron chi connectivity index (χ4n) is 4.50. The molecule has 1 saturated heterocycles. The van der Waals surface area contributed by atoms with Crippen LogP contribution < -0.4 is 0 Å². The summed E-state index contributed by atoms with van der Waals surface area (Å²) in [6.07, 6.45) is 10.6. The van der Waals surface area contributed by atoms with E-state index in [0.29, 0.717) is 23.9 Å². The molecule has 3 rings (SSSR count). The molecule has 3 fully saturated rings. The lowest BCUT2D eigenvalue weighted by Crippen LogP contribution is -2.59. The summed E-state index contributed by atoms with van der Waals surface area (Å²) >= 11 is 0. The minimum absolute atomic E-state index is 0.343. The molecule has 1 spiro atoms. The molecule has 0 N–H and O–H groups in total. The van der Waals surface area contributed by atoms with Crippen LogP contribution in [-0.4, -0.2) is 48.4 Å². The van der Waals surface area contributed by atoms with E-state index in [4.69, 9.17) is 0 Å². The van der Waals surface area contributed by atoms with Crippen LogP contribution in [0.25, 0.3) is 0 Å².